The van der Waals surface area contributed by atoms with Gasteiger partial charge in [0.2, 0.25) is 17.7 Å². The molecule has 0 aromatic carbocycles. The normalized spacial score (nSPS) is 21.2. The number of carbonyl (C=O) groups excluding carboxylic acids is 2. The lowest BCUT2D eigenvalue weighted by Crippen LogP contribution is -2.41. The van der Waals surface area contributed by atoms with Gasteiger partial charge in [0.15, 0.2) is 0 Å². The molecule has 2 aliphatic rings. The van der Waals surface area contributed by atoms with Gasteiger partial charge in [-0.2, -0.15) is 0 Å². The van der Waals surface area contributed by atoms with Crippen LogP contribution >= 0.6 is 39.9 Å². The van der Waals surface area contributed by atoms with Crippen LogP contribution in [0.25, 0.3) is 0 Å². The lowest BCUT2D eigenvalue weighted by molar-refractivity contribution is -0.135. The van der Waals surface area contributed by atoms with E-state index < -0.39 is 0 Å². The first kappa shape index (κ1) is 16.7. The molecule has 9 heteroatoms. The summed E-state index contributed by atoms with van der Waals surface area (Å²) in [5, 5.41) is 0. The lowest BCUT2D eigenvalue weighted by Gasteiger charge is -2.20. The van der Waals surface area contributed by atoms with Gasteiger partial charge in [0.1, 0.15) is 17.0 Å². The third-order valence-electron chi connectivity index (χ3n) is 3.62. The maximum atomic E-state index is 12.3. The Balaban J connectivity index is 1.52. The van der Waals surface area contributed by atoms with E-state index in [0.29, 0.717) is 29.0 Å². The van der Waals surface area contributed by atoms with Gasteiger partial charge in [-0.3, -0.25) is 14.5 Å². The van der Waals surface area contributed by atoms with E-state index in [-0.39, 0.29) is 24.5 Å². The zero-order chi connectivity index (χ0) is 16.4. The topological polar surface area (TPSA) is 62.7 Å². The number of pyridine rings is 1. The summed E-state index contributed by atoms with van der Waals surface area (Å²) in [6.07, 6.45) is 2.34. The van der Waals surface area contributed by atoms with Crippen LogP contribution in [0.5, 0.6) is 5.88 Å². The molecule has 0 bridgehead atoms. The summed E-state index contributed by atoms with van der Waals surface area (Å²) >= 11 is 9.72. The van der Waals surface area contributed by atoms with Gasteiger partial charge >= 0.3 is 0 Å². The molecule has 23 heavy (non-hydrogen) atoms. The maximum absolute atomic E-state index is 12.3. The van der Waals surface area contributed by atoms with Crippen LogP contribution in [0, 0.1) is 0 Å². The number of halogens is 1. The standard InChI is InChI=1S/C14H14BrN3O3S2/c15-9-1-2-11(16-5-9)21-10-3-4-17(6-10)12(19)7-18-13(20)8-23-14(18)22/h1-2,5,10H,3-4,6-8H2. The smallest absolute Gasteiger partial charge is 0.242 e. The summed E-state index contributed by atoms with van der Waals surface area (Å²) in [6.45, 7) is 1.13. The number of thiocarbonyl (C=S) groups is 1. The molecule has 0 radical (unpaired) electrons. The van der Waals surface area contributed by atoms with Gasteiger partial charge in [0, 0.05) is 29.7 Å². The summed E-state index contributed by atoms with van der Waals surface area (Å²) in [7, 11) is 0. The van der Waals surface area contributed by atoms with Gasteiger partial charge in [-0.15, -0.1) is 0 Å². The molecule has 0 spiro atoms. The van der Waals surface area contributed by atoms with Crippen molar-refractivity contribution in [1.29, 1.82) is 0 Å². The van der Waals surface area contributed by atoms with Crippen LogP contribution in [0.3, 0.4) is 0 Å². The van der Waals surface area contributed by atoms with Gasteiger partial charge in [0.25, 0.3) is 0 Å². The molecule has 0 N–H and O–H groups in total. The molecule has 0 saturated carbocycles. The van der Waals surface area contributed by atoms with Crippen LogP contribution < -0.4 is 4.74 Å². The number of carbonyl (C=O) groups is 2. The van der Waals surface area contributed by atoms with E-state index in [9.17, 15) is 9.59 Å². The zero-order valence-electron chi connectivity index (χ0n) is 12.1. The molecule has 2 amide bonds. The fraction of sp³-hybridized carbons (Fsp3) is 0.429. The number of likely N-dealkylation sites (tertiary alicyclic amines) is 1. The molecule has 0 aliphatic carbocycles. The largest absolute Gasteiger partial charge is 0.472 e. The fourth-order valence-corrected chi connectivity index (χ4v) is 3.73. The minimum absolute atomic E-state index is 0.0217. The second-order valence-corrected chi connectivity index (χ2v) is 7.74. The van der Waals surface area contributed by atoms with E-state index in [1.165, 1.54) is 16.7 Å². The first-order chi connectivity index (χ1) is 11.0. The van der Waals surface area contributed by atoms with E-state index in [0.717, 1.165) is 10.9 Å². The summed E-state index contributed by atoms with van der Waals surface area (Å²) < 4.78 is 7.15. The van der Waals surface area contributed by atoms with Crippen molar-refractivity contribution in [2.24, 2.45) is 0 Å². The molecule has 1 aromatic rings. The molecular formula is C14H14BrN3O3S2. The molecule has 1 atom stereocenters. The molecule has 3 rings (SSSR count). The predicted molar refractivity (Wildman–Crippen MR) is 94.3 cm³/mol. The summed E-state index contributed by atoms with van der Waals surface area (Å²) in [6, 6.07) is 3.64. The third kappa shape index (κ3) is 4.02. The van der Waals surface area contributed by atoms with E-state index in [4.69, 9.17) is 17.0 Å². The van der Waals surface area contributed by atoms with Crippen molar-refractivity contribution in [1.82, 2.24) is 14.8 Å². The number of thioether (sulfide) groups is 1. The van der Waals surface area contributed by atoms with Crippen LogP contribution in [-0.2, 0) is 9.59 Å². The molecule has 1 unspecified atom stereocenters. The Morgan fingerprint density at radius 3 is 3.00 bits per heavy atom. The monoisotopic (exact) mass is 415 g/mol. The van der Waals surface area contributed by atoms with Crippen molar-refractivity contribution in [3.05, 3.63) is 22.8 Å². The molecule has 3 heterocycles. The zero-order valence-corrected chi connectivity index (χ0v) is 15.3. The fourth-order valence-electron chi connectivity index (χ4n) is 2.42. The molecule has 2 saturated heterocycles. The second-order valence-electron chi connectivity index (χ2n) is 5.22. The first-order valence-electron chi connectivity index (χ1n) is 7.06. The Bertz CT molecular complexity index is 625. The quantitative estimate of drug-likeness (QED) is 0.697. The Kier molecular flexibility index (Phi) is 5.17. The number of nitrogens with zero attached hydrogens (tertiary/aromatic N) is 3. The van der Waals surface area contributed by atoms with Crippen LogP contribution in [0.4, 0.5) is 0 Å². The van der Waals surface area contributed by atoms with E-state index in [2.05, 4.69) is 20.9 Å². The Hall–Kier alpha value is -1.19. The Morgan fingerprint density at radius 1 is 1.52 bits per heavy atom. The molecule has 2 aliphatic heterocycles. The highest BCUT2D eigenvalue weighted by Crippen LogP contribution is 2.21. The number of rotatable bonds is 4. The van der Waals surface area contributed by atoms with Crippen molar-refractivity contribution in [3.63, 3.8) is 0 Å². The number of amides is 2. The molecule has 2 fully saturated rings. The molecule has 6 nitrogen and oxygen atoms in total. The average Bonchev–Trinajstić information content (AvgIpc) is 3.11. The van der Waals surface area contributed by atoms with Gasteiger partial charge < -0.3 is 9.64 Å². The van der Waals surface area contributed by atoms with Crippen LogP contribution in [0.1, 0.15) is 6.42 Å². The lowest BCUT2D eigenvalue weighted by atomic mass is 10.3. The van der Waals surface area contributed by atoms with Crippen molar-refractivity contribution in [3.8, 4) is 5.88 Å². The average molecular weight is 416 g/mol. The maximum Gasteiger partial charge on any atom is 0.242 e. The second kappa shape index (κ2) is 7.14. The van der Waals surface area contributed by atoms with Gasteiger partial charge in [-0.25, -0.2) is 4.98 Å². The number of ether oxygens (including phenoxy) is 1. The minimum Gasteiger partial charge on any atom is -0.472 e. The van der Waals surface area contributed by atoms with E-state index in [1.807, 2.05) is 6.07 Å². The SMILES string of the molecule is O=C(CN1C(=O)CSC1=S)N1CCC(Oc2ccc(Br)cn2)C1. The summed E-state index contributed by atoms with van der Waals surface area (Å²) in [5.41, 5.74) is 0. The summed E-state index contributed by atoms with van der Waals surface area (Å²) in [5.74, 6) is 0.671. The van der Waals surface area contributed by atoms with Gasteiger partial charge in [-0.05, 0) is 22.0 Å². The Morgan fingerprint density at radius 2 is 2.35 bits per heavy atom. The minimum atomic E-state index is -0.0990. The highest BCUT2D eigenvalue weighted by molar-refractivity contribution is 9.10. The highest BCUT2D eigenvalue weighted by Gasteiger charge is 2.33. The van der Waals surface area contributed by atoms with Crippen molar-refractivity contribution in [2.75, 3.05) is 25.4 Å². The van der Waals surface area contributed by atoms with Crippen LogP contribution in [-0.4, -0.2) is 62.4 Å². The molecular weight excluding hydrogens is 402 g/mol. The number of aromatic nitrogens is 1. The van der Waals surface area contributed by atoms with Crippen LogP contribution in [0.2, 0.25) is 0 Å². The third-order valence-corrected chi connectivity index (χ3v) is 5.52. The van der Waals surface area contributed by atoms with Crippen LogP contribution in [0.15, 0.2) is 22.8 Å². The number of hydrogen-bond donors (Lipinski definition) is 0. The van der Waals surface area contributed by atoms with Crippen molar-refractivity contribution < 1.29 is 14.3 Å². The van der Waals surface area contributed by atoms with Gasteiger partial charge in [-0.1, -0.05) is 24.0 Å². The highest BCUT2D eigenvalue weighted by atomic mass is 79.9. The van der Waals surface area contributed by atoms with Gasteiger partial charge in [0.05, 0.1) is 12.3 Å². The van der Waals surface area contributed by atoms with E-state index >= 15 is 0 Å². The Labute approximate surface area is 151 Å². The van der Waals surface area contributed by atoms with E-state index in [1.54, 1.807) is 17.2 Å². The molecule has 122 valence electrons. The first-order valence-corrected chi connectivity index (χ1v) is 9.25. The molecule has 1 aromatic heterocycles. The predicted octanol–water partition coefficient (Wildman–Crippen LogP) is 1.68. The van der Waals surface area contributed by atoms with Crippen molar-refractivity contribution in [2.45, 2.75) is 12.5 Å². The number of hydrogen-bond acceptors (Lipinski definition) is 6. The van der Waals surface area contributed by atoms with Crippen molar-refractivity contribution >= 4 is 56.0 Å². The summed E-state index contributed by atoms with van der Waals surface area (Å²) in [4.78, 5) is 31.3.